The average molecular weight is 350 g/mol. The summed E-state index contributed by atoms with van der Waals surface area (Å²) < 4.78 is 30.3. The summed E-state index contributed by atoms with van der Waals surface area (Å²) in [5.41, 5.74) is 0.844. The average Bonchev–Trinajstić information content (AvgIpc) is 3.01. The summed E-state index contributed by atoms with van der Waals surface area (Å²) in [6, 6.07) is 5.61. The van der Waals surface area contributed by atoms with E-state index < -0.39 is 10.0 Å². The lowest BCUT2D eigenvalue weighted by Gasteiger charge is -2.19. The van der Waals surface area contributed by atoms with Crippen molar-refractivity contribution in [2.75, 3.05) is 4.66 Å². The third-order valence-electron chi connectivity index (χ3n) is 2.38. The van der Waals surface area contributed by atoms with Gasteiger partial charge in [-0.05, 0) is 17.5 Å². The van der Waals surface area contributed by atoms with Gasteiger partial charge in [-0.25, -0.2) is 8.42 Å². The van der Waals surface area contributed by atoms with Gasteiger partial charge < -0.3 is 4.42 Å². The Morgan fingerprint density at radius 3 is 2.72 bits per heavy atom. The summed E-state index contributed by atoms with van der Waals surface area (Å²) in [6.45, 7) is 0.707. The highest BCUT2D eigenvalue weighted by Crippen LogP contribution is 2.18. The summed E-state index contributed by atoms with van der Waals surface area (Å²) in [7, 11) is -3.30. The fraction of sp³-hybridized carbons (Fsp3) is 0.273. The molecule has 0 aliphatic carbocycles. The Kier molecular flexibility index (Phi) is 4.60. The number of alkyl halides is 1. The number of thiophene rings is 1. The van der Waals surface area contributed by atoms with Crippen molar-refractivity contribution in [3.8, 4) is 0 Å². The summed E-state index contributed by atoms with van der Waals surface area (Å²) in [5.74, 6) is 0. The second kappa shape index (κ2) is 6.01. The lowest BCUT2D eigenvalue weighted by atomic mass is 10.3. The fourth-order valence-corrected chi connectivity index (χ4v) is 3.97. The standard InChI is InChI=1S/C11H12BrNO3S2/c12-9-18(14,15)13(6-10-3-4-16-8-10)7-11-2-1-5-17-11/h1-5,8H,6-7,9H2. The molecule has 0 radical (unpaired) electrons. The molecule has 0 aliphatic heterocycles. The Hall–Kier alpha value is -0.630. The third-order valence-corrected chi connectivity index (χ3v) is 6.30. The fourth-order valence-electron chi connectivity index (χ4n) is 1.48. The Bertz CT molecular complexity index is 527. The topological polar surface area (TPSA) is 50.5 Å². The van der Waals surface area contributed by atoms with Crippen LogP contribution in [0.4, 0.5) is 0 Å². The molecule has 0 amide bonds. The van der Waals surface area contributed by atoms with Crippen LogP contribution in [0.1, 0.15) is 10.4 Å². The molecule has 0 spiro atoms. The van der Waals surface area contributed by atoms with Crippen molar-refractivity contribution in [3.63, 3.8) is 0 Å². The van der Waals surface area contributed by atoms with E-state index in [4.69, 9.17) is 4.42 Å². The van der Waals surface area contributed by atoms with Gasteiger partial charge in [0, 0.05) is 23.5 Å². The molecule has 0 atom stereocenters. The zero-order valence-corrected chi connectivity index (χ0v) is 12.7. The van der Waals surface area contributed by atoms with E-state index in [1.807, 2.05) is 17.5 Å². The zero-order chi connectivity index (χ0) is 13.0. The van der Waals surface area contributed by atoms with E-state index in [1.54, 1.807) is 29.9 Å². The van der Waals surface area contributed by atoms with Crippen LogP contribution in [0.25, 0.3) is 0 Å². The van der Waals surface area contributed by atoms with Crippen LogP contribution in [0.15, 0.2) is 40.5 Å². The molecule has 0 aromatic carbocycles. The molecule has 0 saturated carbocycles. The summed E-state index contributed by atoms with van der Waals surface area (Å²) in [4.78, 5) is 1.02. The summed E-state index contributed by atoms with van der Waals surface area (Å²) in [5, 5.41) is 1.94. The number of halogens is 1. The molecule has 2 aromatic rings. The van der Waals surface area contributed by atoms with Gasteiger partial charge in [-0.1, -0.05) is 22.0 Å². The minimum absolute atomic E-state index is 0.0801. The smallest absolute Gasteiger partial charge is 0.224 e. The van der Waals surface area contributed by atoms with Crippen molar-refractivity contribution in [3.05, 3.63) is 46.5 Å². The van der Waals surface area contributed by atoms with Crippen molar-refractivity contribution in [2.45, 2.75) is 13.1 Å². The first-order valence-electron chi connectivity index (χ1n) is 5.19. The monoisotopic (exact) mass is 349 g/mol. The highest BCUT2D eigenvalue weighted by molar-refractivity contribution is 9.10. The Morgan fingerprint density at radius 2 is 2.17 bits per heavy atom. The number of hydrogen-bond acceptors (Lipinski definition) is 4. The second-order valence-electron chi connectivity index (χ2n) is 3.70. The number of nitrogens with zero attached hydrogens (tertiary/aromatic N) is 1. The predicted molar refractivity (Wildman–Crippen MR) is 75.0 cm³/mol. The van der Waals surface area contributed by atoms with E-state index >= 15 is 0 Å². The maximum atomic E-state index is 12.0. The first-order valence-corrected chi connectivity index (χ1v) is 8.80. The highest BCUT2D eigenvalue weighted by Gasteiger charge is 2.22. The van der Waals surface area contributed by atoms with Gasteiger partial charge in [-0.2, -0.15) is 4.31 Å². The van der Waals surface area contributed by atoms with Crippen molar-refractivity contribution in [1.29, 1.82) is 0 Å². The van der Waals surface area contributed by atoms with Crippen molar-refractivity contribution < 1.29 is 12.8 Å². The molecular formula is C11H12BrNO3S2. The van der Waals surface area contributed by atoms with Gasteiger partial charge in [0.25, 0.3) is 0 Å². The molecule has 0 aliphatic rings. The number of rotatable bonds is 6. The number of sulfonamides is 1. The molecule has 0 fully saturated rings. The molecule has 18 heavy (non-hydrogen) atoms. The largest absolute Gasteiger partial charge is 0.472 e. The molecule has 0 unspecified atom stereocenters. The molecule has 98 valence electrons. The molecule has 0 bridgehead atoms. The first-order chi connectivity index (χ1) is 8.62. The van der Waals surface area contributed by atoms with Gasteiger partial charge in [0.2, 0.25) is 10.0 Å². The zero-order valence-electron chi connectivity index (χ0n) is 9.45. The Labute approximate surface area is 118 Å². The molecule has 2 rings (SSSR count). The molecular weight excluding hydrogens is 338 g/mol. The van der Waals surface area contributed by atoms with E-state index in [-0.39, 0.29) is 4.66 Å². The van der Waals surface area contributed by atoms with E-state index in [0.29, 0.717) is 13.1 Å². The van der Waals surface area contributed by atoms with Gasteiger partial charge >= 0.3 is 0 Å². The lowest BCUT2D eigenvalue weighted by molar-refractivity contribution is 0.405. The quantitative estimate of drug-likeness (QED) is 0.753. The van der Waals surface area contributed by atoms with Crippen LogP contribution in [0.3, 0.4) is 0 Å². The number of furan rings is 1. The van der Waals surface area contributed by atoms with E-state index in [9.17, 15) is 8.42 Å². The lowest BCUT2D eigenvalue weighted by Crippen LogP contribution is -2.30. The van der Waals surface area contributed by atoms with E-state index in [1.165, 1.54) is 4.31 Å². The van der Waals surface area contributed by atoms with Gasteiger partial charge in [-0.15, -0.1) is 11.3 Å². The molecule has 7 heteroatoms. The Morgan fingerprint density at radius 1 is 1.33 bits per heavy atom. The molecule has 0 saturated heterocycles. The second-order valence-corrected chi connectivity index (χ2v) is 8.00. The molecule has 2 aromatic heterocycles. The van der Waals surface area contributed by atoms with Crippen molar-refractivity contribution >= 4 is 37.3 Å². The van der Waals surface area contributed by atoms with Crippen molar-refractivity contribution in [1.82, 2.24) is 4.31 Å². The minimum atomic E-state index is -3.30. The van der Waals surface area contributed by atoms with Crippen LogP contribution < -0.4 is 0 Å². The highest BCUT2D eigenvalue weighted by atomic mass is 79.9. The van der Waals surface area contributed by atoms with Crippen LogP contribution in [0.2, 0.25) is 0 Å². The summed E-state index contributed by atoms with van der Waals surface area (Å²) >= 11 is 4.58. The van der Waals surface area contributed by atoms with Gasteiger partial charge in [0.05, 0.1) is 12.5 Å². The minimum Gasteiger partial charge on any atom is -0.472 e. The third kappa shape index (κ3) is 3.44. The van der Waals surface area contributed by atoms with Crippen LogP contribution in [-0.2, 0) is 23.1 Å². The molecule has 0 N–H and O–H groups in total. The van der Waals surface area contributed by atoms with Gasteiger partial charge in [0.1, 0.15) is 4.66 Å². The van der Waals surface area contributed by atoms with Gasteiger partial charge in [0.15, 0.2) is 0 Å². The van der Waals surface area contributed by atoms with E-state index in [0.717, 1.165) is 10.4 Å². The molecule has 2 heterocycles. The van der Waals surface area contributed by atoms with Crippen LogP contribution in [-0.4, -0.2) is 17.4 Å². The normalized spacial score (nSPS) is 12.1. The number of hydrogen-bond donors (Lipinski definition) is 0. The van der Waals surface area contributed by atoms with Gasteiger partial charge in [-0.3, -0.25) is 0 Å². The molecule has 4 nitrogen and oxygen atoms in total. The van der Waals surface area contributed by atoms with E-state index in [2.05, 4.69) is 15.9 Å². The van der Waals surface area contributed by atoms with Crippen LogP contribution >= 0.6 is 27.3 Å². The van der Waals surface area contributed by atoms with Crippen LogP contribution in [0.5, 0.6) is 0 Å². The first kappa shape index (κ1) is 13.8. The SMILES string of the molecule is O=S(=O)(CBr)N(Cc1ccoc1)Cc1cccs1. The van der Waals surface area contributed by atoms with Crippen LogP contribution in [0, 0.1) is 0 Å². The maximum absolute atomic E-state index is 12.0. The van der Waals surface area contributed by atoms with Crippen molar-refractivity contribution in [2.24, 2.45) is 0 Å². The summed E-state index contributed by atoms with van der Waals surface area (Å²) in [6.07, 6.45) is 3.10. The predicted octanol–water partition coefficient (Wildman–Crippen LogP) is 3.03. The maximum Gasteiger partial charge on any atom is 0.224 e. The Balaban J connectivity index is 2.18.